The molecule has 28 heavy (non-hydrogen) atoms. The van der Waals surface area contributed by atoms with Crippen molar-refractivity contribution in [2.24, 2.45) is 0 Å². The first kappa shape index (κ1) is 19.2. The second-order valence-electron chi connectivity index (χ2n) is 7.32. The molecule has 1 aliphatic carbocycles. The minimum absolute atomic E-state index is 0.0430. The van der Waals surface area contributed by atoms with Gasteiger partial charge in [0.15, 0.2) is 0 Å². The molecule has 4 rings (SSSR count). The van der Waals surface area contributed by atoms with Crippen molar-refractivity contribution < 1.29 is 14.1 Å². The predicted molar refractivity (Wildman–Crippen MR) is 105 cm³/mol. The molecule has 2 amide bonds. The minimum Gasteiger partial charge on any atom is -0.378 e. The number of carbonyl (C=O) groups is 1. The lowest BCUT2D eigenvalue weighted by molar-refractivity contribution is 0.0341. The van der Waals surface area contributed by atoms with Gasteiger partial charge in [-0.15, -0.1) is 0 Å². The van der Waals surface area contributed by atoms with E-state index >= 15 is 0 Å². The number of urea groups is 1. The second-order valence-corrected chi connectivity index (χ2v) is 7.76. The summed E-state index contributed by atoms with van der Waals surface area (Å²) in [5, 5.41) is 4.74. The highest BCUT2D eigenvalue weighted by molar-refractivity contribution is 6.30. The summed E-state index contributed by atoms with van der Waals surface area (Å²) in [6.07, 6.45) is 5.58. The minimum atomic E-state index is 0.0430. The standard InChI is InChI=1S/C20H25ClN4O3/c21-16-8-6-15(7-9-16)19-22-18(28-23-19)14-25(17-4-2-1-3-5-17)20(26)24-10-12-27-13-11-24/h6-9,17H,1-5,10-14H2. The van der Waals surface area contributed by atoms with Crippen LogP contribution in [-0.4, -0.2) is 58.3 Å². The maximum absolute atomic E-state index is 13.2. The van der Waals surface area contributed by atoms with Gasteiger partial charge in [0.1, 0.15) is 6.54 Å². The molecule has 1 saturated carbocycles. The van der Waals surface area contributed by atoms with Gasteiger partial charge in [-0.2, -0.15) is 4.98 Å². The summed E-state index contributed by atoms with van der Waals surface area (Å²) in [6, 6.07) is 7.56. The Morgan fingerprint density at radius 3 is 2.57 bits per heavy atom. The zero-order valence-electron chi connectivity index (χ0n) is 15.8. The van der Waals surface area contributed by atoms with Crippen LogP contribution in [0.1, 0.15) is 38.0 Å². The van der Waals surface area contributed by atoms with Gasteiger partial charge in [0.25, 0.3) is 0 Å². The molecule has 0 bridgehead atoms. The van der Waals surface area contributed by atoms with Crippen molar-refractivity contribution in [1.29, 1.82) is 0 Å². The molecule has 1 aromatic heterocycles. The summed E-state index contributed by atoms with van der Waals surface area (Å²) in [5.41, 5.74) is 0.836. The highest BCUT2D eigenvalue weighted by Gasteiger charge is 2.31. The molecule has 8 heteroatoms. The van der Waals surface area contributed by atoms with E-state index in [9.17, 15) is 4.79 Å². The quantitative estimate of drug-likeness (QED) is 0.770. The lowest BCUT2D eigenvalue weighted by atomic mass is 9.94. The van der Waals surface area contributed by atoms with Crippen LogP contribution in [0.2, 0.25) is 5.02 Å². The van der Waals surface area contributed by atoms with E-state index in [1.165, 1.54) is 6.42 Å². The van der Waals surface area contributed by atoms with Crippen LogP contribution in [0.25, 0.3) is 11.4 Å². The molecule has 0 atom stereocenters. The van der Waals surface area contributed by atoms with Gasteiger partial charge in [-0.1, -0.05) is 36.0 Å². The molecule has 7 nitrogen and oxygen atoms in total. The van der Waals surface area contributed by atoms with E-state index in [-0.39, 0.29) is 12.1 Å². The fourth-order valence-electron chi connectivity index (χ4n) is 3.86. The van der Waals surface area contributed by atoms with E-state index in [4.69, 9.17) is 20.9 Å². The van der Waals surface area contributed by atoms with Gasteiger partial charge in [0.05, 0.1) is 13.2 Å². The normalized spacial score (nSPS) is 18.2. The molecule has 0 unspecified atom stereocenters. The molecule has 1 aliphatic heterocycles. The third kappa shape index (κ3) is 4.47. The molecule has 1 aromatic carbocycles. The smallest absolute Gasteiger partial charge is 0.320 e. The zero-order chi connectivity index (χ0) is 19.3. The van der Waals surface area contributed by atoms with Crippen LogP contribution in [0.5, 0.6) is 0 Å². The van der Waals surface area contributed by atoms with E-state index in [1.807, 2.05) is 21.9 Å². The molecule has 2 aromatic rings. The number of halogens is 1. The Morgan fingerprint density at radius 2 is 1.86 bits per heavy atom. The number of hydrogen-bond acceptors (Lipinski definition) is 5. The monoisotopic (exact) mass is 404 g/mol. The lowest BCUT2D eigenvalue weighted by Crippen LogP contribution is -2.51. The van der Waals surface area contributed by atoms with Crippen molar-refractivity contribution in [3.05, 3.63) is 35.2 Å². The Labute approximate surface area is 169 Å². The number of morpholine rings is 1. The molecule has 2 aliphatic rings. The van der Waals surface area contributed by atoms with Crippen LogP contribution in [0.4, 0.5) is 4.79 Å². The Bertz CT molecular complexity index is 783. The summed E-state index contributed by atoms with van der Waals surface area (Å²) < 4.78 is 10.9. The third-order valence-corrected chi connectivity index (χ3v) is 5.67. The number of hydrogen-bond donors (Lipinski definition) is 0. The van der Waals surface area contributed by atoms with Gasteiger partial charge in [0, 0.05) is 29.7 Å². The third-order valence-electron chi connectivity index (χ3n) is 5.42. The van der Waals surface area contributed by atoms with Gasteiger partial charge in [0.2, 0.25) is 11.7 Å². The van der Waals surface area contributed by atoms with Crippen LogP contribution < -0.4 is 0 Å². The van der Waals surface area contributed by atoms with Crippen molar-refractivity contribution >= 4 is 17.6 Å². The van der Waals surface area contributed by atoms with Gasteiger partial charge >= 0.3 is 6.03 Å². The molecular weight excluding hydrogens is 380 g/mol. The van der Waals surface area contributed by atoms with E-state index in [1.54, 1.807) is 12.1 Å². The molecule has 2 heterocycles. The molecule has 0 N–H and O–H groups in total. The first-order valence-electron chi connectivity index (χ1n) is 9.92. The highest BCUT2D eigenvalue weighted by atomic mass is 35.5. The molecule has 1 saturated heterocycles. The van der Waals surface area contributed by atoms with E-state index in [0.29, 0.717) is 49.6 Å². The second kappa shape index (κ2) is 8.92. The number of carbonyl (C=O) groups excluding carboxylic acids is 1. The largest absolute Gasteiger partial charge is 0.378 e. The number of amides is 2. The van der Waals surface area contributed by atoms with Gasteiger partial charge in [-0.05, 0) is 37.1 Å². The molecule has 0 radical (unpaired) electrons. The summed E-state index contributed by atoms with van der Waals surface area (Å²) in [5.74, 6) is 0.964. The van der Waals surface area contributed by atoms with Crippen LogP contribution in [-0.2, 0) is 11.3 Å². The fourth-order valence-corrected chi connectivity index (χ4v) is 3.99. The van der Waals surface area contributed by atoms with Crippen LogP contribution >= 0.6 is 11.6 Å². The number of benzene rings is 1. The fraction of sp³-hybridized carbons (Fsp3) is 0.550. The Balaban J connectivity index is 1.51. The Hall–Kier alpha value is -2.12. The van der Waals surface area contributed by atoms with Crippen molar-refractivity contribution in [3.63, 3.8) is 0 Å². The maximum atomic E-state index is 13.2. The van der Waals surface area contributed by atoms with Crippen molar-refractivity contribution in [2.75, 3.05) is 26.3 Å². The Kier molecular flexibility index (Phi) is 6.12. The van der Waals surface area contributed by atoms with E-state index in [0.717, 1.165) is 31.2 Å². The number of rotatable bonds is 4. The molecule has 0 spiro atoms. The first-order valence-corrected chi connectivity index (χ1v) is 10.3. The summed E-state index contributed by atoms with van der Waals surface area (Å²) >= 11 is 5.95. The zero-order valence-corrected chi connectivity index (χ0v) is 16.6. The molecule has 150 valence electrons. The summed E-state index contributed by atoms with van der Waals surface area (Å²) in [6.45, 7) is 2.77. The number of nitrogens with zero attached hydrogens (tertiary/aromatic N) is 4. The van der Waals surface area contributed by atoms with E-state index in [2.05, 4.69) is 10.1 Å². The topological polar surface area (TPSA) is 71.7 Å². The van der Waals surface area contributed by atoms with Crippen molar-refractivity contribution in [3.8, 4) is 11.4 Å². The number of aromatic nitrogens is 2. The van der Waals surface area contributed by atoms with Gasteiger partial charge < -0.3 is 19.1 Å². The van der Waals surface area contributed by atoms with Gasteiger partial charge in [-0.25, -0.2) is 4.79 Å². The summed E-state index contributed by atoms with van der Waals surface area (Å²) in [7, 11) is 0. The summed E-state index contributed by atoms with van der Waals surface area (Å²) in [4.78, 5) is 21.5. The SMILES string of the molecule is O=C(N1CCOCC1)N(Cc1nc(-c2ccc(Cl)cc2)no1)C1CCCCC1. The average molecular weight is 405 g/mol. The van der Waals surface area contributed by atoms with Crippen molar-refractivity contribution in [1.82, 2.24) is 19.9 Å². The van der Waals surface area contributed by atoms with Crippen LogP contribution in [0.15, 0.2) is 28.8 Å². The molecule has 2 fully saturated rings. The number of ether oxygens (including phenoxy) is 1. The average Bonchev–Trinajstić information content (AvgIpc) is 3.22. The van der Waals surface area contributed by atoms with Crippen molar-refractivity contribution in [2.45, 2.75) is 44.7 Å². The molecular formula is C20H25ClN4O3. The first-order chi connectivity index (χ1) is 13.7. The van der Waals surface area contributed by atoms with E-state index < -0.39 is 0 Å². The van der Waals surface area contributed by atoms with Crippen LogP contribution in [0, 0.1) is 0 Å². The van der Waals surface area contributed by atoms with Gasteiger partial charge in [-0.3, -0.25) is 0 Å². The predicted octanol–water partition coefficient (Wildman–Crippen LogP) is 3.98. The maximum Gasteiger partial charge on any atom is 0.320 e. The highest BCUT2D eigenvalue weighted by Crippen LogP contribution is 2.26. The van der Waals surface area contributed by atoms with Crippen LogP contribution in [0.3, 0.4) is 0 Å². The Morgan fingerprint density at radius 1 is 1.14 bits per heavy atom. The lowest BCUT2D eigenvalue weighted by Gasteiger charge is -2.38.